The smallest absolute Gasteiger partial charge is 0.126 e. The van der Waals surface area contributed by atoms with Gasteiger partial charge in [0, 0.05) is 6.54 Å². The first-order chi connectivity index (χ1) is 8.15. The molecule has 0 spiro atoms. The first-order valence-electron chi connectivity index (χ1n) is 6.00. The molecule has 1 fully saturated rings. The van der Waals surface area contributed by atoms with Crippen molar-refractivity contribution in [2.24, 2.45) is 11.1 Å². The summed E-state index contributed by atoms with van der Waals surface area (Å²) < 4.78 is 26.2. The fourth-order valence-electron chi connectivity index (χ4n) is 1.94. The molecule has 17 heavy (non-hydrogen) atoms. The topological polar surface area (TPSA) is 38.0 Å². The molecule has 0 aliphatic heterocycles. The van der Waals surface area contributed by atoms with Crippen LogP contribution in [0.15, 0.2) is 18.2 Å². The SMILES string of the molecule is NCC1(CNCCc2cc(F)ccc2F)CC1. The molecule has 3 N–H and O–H groups in total. The van der Waals surface area contributed by atoms with Gasteiger partial charge in [0.1, 0.15) is 11.6 Å². The van der Waals surface area contributed by atoms with E-state index < -0.39 is 0 Å². The molecule has 1 aromatic carbocycles. The van der Waals surface area contributed by atoms with E-state index >= 15 is 0 Å². The third-order valence-electron chi connectivity index (χ3n) is 3.47. The van der Waals surface area contributed by atoms with Crippen molar-refractivity contribution in [2.45, 2.75) is 19.3 Å². The van der Waals surface area contributed by atoms with Crippen LogP contribution in [0.2, 0.25) is 0 Å². The zero-order chi connectivity index (χ0) is 12.3. The molecule has 0 unspecified atom stereocenters. The van der Waals surface area contributed by atoms with Crippen molar-refractivity contribution >= 4 is 0 Å². The molecule has 1 aromatic rings. The zero-order valence-electron chi connectivity index (χ0n) is 9.81. The molecule has 0 bridgehead atoms. The van der Waals surface area contributed by atoms with Gasteiger partial charge in [0.05, 0.1) is 0 Å². The third kappa shape index (κ3) is 3.23. The summed E-state index contributed by atoms with van der Waals surface area (Å²) in [5.41, 5.74) is 6.36. The van der Waals surface area contributed by atoms with Crippen molar-refractivity contribution in [3.63, 3.8) is 0 Å². The maximum Gasteiger partial charge on any atom is 0.126 e. The number of hydrogen-bond donors (Lipinski definition) is 2. The number of rotatable bonds is 6. The molecule has 0 atom stereocenters. The van der Waals surface area contributed by atoms with Gasteiger partial charge in [-0.2, -0.15) is 0 Å². The Morgan fingerprint density at radius 2 is 2.06 bits per heavy atom. The van der Waals surface area contributed by atoms with E-state index in [4.69, 9.17) is 5.73 Å². The monoisotopic (exact) mass is 240 g/mol. The fourth-order valence-corrected chi connectivity index (χ4v) is 1.94. The van der Waals surface area contributed by atoms with Gasteiger partial charge in [-0.15, -0.1) is 0 Å². The van der Waals surface area contributed by atoms with Crippen molar-refractivity contribution in [3.8, 4) is 0 Å². The first-order valence-corrected chi connectivity index (χ1v) is 6.00. The lowest BCUT2D eigenvalue weighted by Gasteiger charge is -2.13. The van der Waals surface area contributed by atoms with Crippen LogP contribution in [0.3, 0.4) is 0 Å². The maximum atomic E-state index is 13.3. The Morgan fingerprint density at radius 3 is 2.71 bits per heavy atom. The second kappa shape index (κ2) is 5.10. The number of halogens is 2. The number of nitrogens with two attached hydrogens (primary N) is 1. The van der Waals surface area contributed by atoms with Crippen molar-refractivity contribution in [3.05, 3.63) is 35.4 Å². The van der Waals surface area contributed by atoms with Gasteiger partial charge in [0.25, 0.3) is 0 Å². The van der Waals surface area contributed by atoms with Crippen LogP contribution < -0.4 is 11.1 Å². The van der Waals surface area contributed by atoms with Crippen molar-refractivity contribution in [1.82, 2.24) is 5.32 Å². The summed E-state index contributed by atoms with van der Waals surface area (Å²) in [4.78, 5) is 0. The molecule has 1 saturated carbocycles. The van der Waals surface area contributed by atoms with Gasteiger partial charge in [0.2, 0.25) is 0 Å². The Labute approximate surface area is 100 Å². The van der Waals surface area contributed by atoms with E-state index in [0.717, 1.165) is 12.6 Å². The van der Waals surface area contributed by atoms with Crippen LogP contribution in [0.1, 0.15) is 18.4 Å². The lowest BCUT2D eigenvalue weighted by atomic mass is 10.1. The largest absolute Gasteiger partial charge is 0.330 e. The molecule has 0 amide bonds. The minimum Gasteiger partial charge on any atom is -0.330 e. The minimum atomic E-state index is -0.387. The summed E-state index contributed by atoms with van der Waals surface area (Å²) in [5, 5.41) is 3.27. The van der Waals surface area contributed by atoms with E-state index in [1.807, 2.05) is 0 Å². The van der Waals surface area contributed by atoms with Gasteiger partial charge in [-0.1, -0.05) is 0 Å². The van der Waals surface area contributed by atoms with E-state index in [9.17, 15) is 8.78 Å². The second-order valence-corrected chi connectivity index (χ2v) is 4.87. The molecule has 2 rings (SSSR count). The standard InChI is InChI=1S/C13H18F2N2/c14-11-1-2-12(15)10(7-11)3-6-17-9-13(8-16)4-5-13/h1-2,7,17H,3-6,8-9,16H2. The maximum absolute atomic E-state index is 13.3. The summed E-state index contributed by atoms with van der Waals surface area (Å²) in [7, 11) is 0. The number of hydrogen-bond acceptors (Lipinski definition) is 2. The summed E-state index contributed by atoms with van der Waals surface area (Å²) in [6, 6.07) is 3.57. The van der Waals surface area contributed by atoms with E-state index in [1.165, 1.54) is 25.0 Å². The van der Waals surface area contributed by atoms with E-state index in [-0.39, 0.29) is 17.0 Å². The van der Waals surface area contributed by atoms with Crippen molar-refractivity contribution in [1.29, 1.82) is 0 Å². The highest BCUT2D eigenvalue weighted by atomic mass is 19.1. The molecule has 94 valence electrons. The van der Waals surface area contributed by atoms with Crippen molar-refractivity contribution in [2.75, 3.05) is 19.6 Å². The fraction of sp³-hybridized carbons (Fsp3) is 0.538. The summed E-state index contributed by atoms with van der Waals surface area (Å²) in [6.45, 7) is 2.23. The van der Waals surface area contributed by atoms with Crippen LogP contribution in [0.5, 0.6) is 0 Å². The predicted molar refractivity (Wildman–Crippen MR) is 63.7 cm³/mol. The van der Waals surface area contributed by atoms with Gasteiger partial charge in [-0.05, 0) is 61.5 Å². The minimum absolute atomic E-state index is 0.278. The Balaban J connectivity index is 1.76. The van der Waals surface area contributed by atoms with Gasteiger partial charge in [-0.3, -0.25) is 0 Å². The normalized spacial score (nSPS) is 17.1. The molecule has 4 heteroatoms. The average molecular weight is 240 g/mol. The highest BCUT2D eigenvalue weighted by Crippen LogP contribution is 2.43. The highest BCUT2D eigenvalue weighted by Gasteiger charge is 2.40. The van der Waals surface area contributed by atoms with E-state index in [0.29, 0.717) is 25.1 Å². The Kier molecular flexibility index (Phi) is 3.74. The summed E-state index contributed by atoms with van der Waals surface area (Å²) in [6.07, 6.45) is 2.85. The molecular formula is C13H18F2N2. The molecular weight excluding hydrogens is 222 g/mol. The molecule has 1 aliphatic carbocycles. The van der Waals surface area contributed by atoms with Crippen LogP contribution in [0.4, 0.5) is 8.78 Å². The molecule has 0 saturated heterocycles. The van der Waals surface area contributed by atoms with Crippen LogP contribution >= 0.6 is 0 Å². The predicted octanol–water partition coefficient (Wildman–Crippen LogP) is 1.84. The van der Waals surface area contributed by atoms with Gasteiger partial charge < -0.3 is 11.1 Å². The average Bonchev–Trinajstić information content (AvgIpc) is 3.10. The third-order valence-corrected chi connectivity index (χ3v) is 3.47. The second-order valence-electron chi connectivity index (χ2n) is 4.87. The summed E-state index contributed by atoms with van der Waals surface area (Å²) >= 11 is 0. The van der Waals surface area contributed by atoms with Crippen LogP contribution in [0.25, 0.3) is 0 Å². The van der Waals surface area contributed by atoms with E-state index in [1.54, 1.807) is 0 Å². The Morgan fingerprint density at radius 1 is 1.29 bits per heavy atom. The Bertz CT molecular complexity index is 389. The molecule has 0 heterocycles. The van der Waals surface area contributed by atoms with E-state index in [2.05, 4.69) is 5.32 Å². The molecule has 2 nitrogen and oxygen atoms in total. The van der Waals surface area contributed by atoms with Gasteiger partial charge >= 0.3 is 0 Å². The summed E-state index contributed by atoms with van der Waals surface area (Å²) in [5.74, 6) is -0.727. The number of nitrogens with one attached hydrogen (secondary N) is 1. The van der Waals surface area contributed by atoms with Crippen LogP contribution in [-0.4, -0.2) is 19.6 Å². The van der Waals surface area contributed by atoms with Crippen LogP contribution in [-0.2, 0) is 6.42 Å². The lowest BCUT2D eigenvalue weighted by molar-refractivity contribution is 0.468. The molecule has 0 aromatic heterocycles. The zero-order valence-corrected chi connectivity index (χ0v) is 9.81. The van der Waals surface area contributed by atoms with Gasteiger partial charge in [-0.25, -0.2) is 8.78 Å². The molecule has 0 radical (unpaired) electrons. The van der Waals surface area contributed by atoms with Gasteiger partial charge in [0.15, 0.2) is 0 Å². The Hall–Kier alpha value is -1.00. The quantitative estimate of drug-likeness (QED) is 0.745. The number of benzene rings is 1. The first kappa shape index (κ1) is 12.5. The van der Waals surface area contributed by atoms with Crippen molar-refractivity contribution < 1.29 is 8.78 Å². The highest BCUT2D eigenvalue weighted by molar-refractivity contribution is 5.19. The van der Waals surface area contributed by atoms with Crippen LogP contribution in [0, 0.1) is 17.0 Å². The molecule has 1 aliphatic rings. The lowest BCUT2D eigenvalue weighted by Crippen LogP contribution is -2.31.